The minimum atomic E-state index is 0.198. The van der Waals surface area contributed by atoms with Gasteiger partial charge in [-0.1, -0.05) is 20.8 Å². The molecule has 3 rings (SSSR count). The van der Waals surface area contributed by atoms with Crippen LogP contribution in [0.4, 0.5) is 0 Å². The fourth-order valence-corrected chi connectivity index (χ4v) is 4.75. The molecule has 1 saturated carbocycles. The molecule has 0 aromatic rings. The van der Waals surface area contributed by atoms with Crippen LogP contribution >= 0.6 is 0 Å². The van der Waals surface area contributed by atoms with E-state index >= 15 is 0 Å². The summed E-state index contributed by atoms with van der Waals surface area (Å²) in [6, 6.07) is 0.472. The molecule has 0 spiro atoms. The van der Waals surface area contributed by atoms with Crippen LogP contribution in [-0.2, 0) is 4.74 Å². The predicted molar refractivity (Wildman–Crippen MR) is 99.4 cm³/mol. The summed E-state index contributed by atoms with van der Waals surface area (Å²) >= 11 is 0. The van der Waals surface area contributed by atoms with Crippen molar-refractivity contribution < 1.29 is 4.74 Å². The van der Waals surface area contributed by atoms with E-state index < -0.39 is 0 Å². The Balaban J connectivity index is 1.37. The molecule has 0 bridgehead atoms. The Hall–Kier alpha value is -0.810. The maximum absolute atomic E-state index is 5.88. The van der Waals surface area contributed by atoms with Crippen molar-refractivity contribution in [2.24, 2.45) is 22.2 Å². The van der Waals surface area contributed by atoms with Crippen LogP contribution in [0.1, 0.15) is 46.5 Å². The number of fused-ring (bicyclic) bond motifs is 1. The van der Waals surface area contributed by atoms with Gasteiger partial charge in [-0.2, -0.15) is 0 Å². The maximum atomic E-state index is 5.88. The number of piperidine rings is 1. The van der Waals surface area contributed by atoms with Crippen LogP contribution in [0.15, 0.2) is 4.99 Å². The highest BCUT2D eigenvalue weighted by molar-refractivity contribution is 5.80. The highest BCUT2D eigenvalue weighted by Crippen LogP contribution is 2.52. The van der Waals surface area contributed by atoms with Gasteiger partial charge in [-0.25, -0.2) is 0 Å². The largest absolute Gasteiger partial charge is 0.377 e. The predicted octanol–water partition coefficient (Wildman–Crippen LogP) is 2.09. The number of ether oxygens (including phenoxy) is 1. The number of rotatable bonds is 5. The standard InChI is InChI=1S/C19H36N4O/c1-14-6-11-23(12-7-14)10-5-9-21-18(20-4)22-16-15-8-13-24-17(15)19(16,2)3/h14-17H,5-13H2,1-4H3,(H2,20,21,22). The van der Waals surface area contributed by atoms with Crippen molar-refractivity contribution in [2.75, 3.05) is 39.8 Å². The van der Waals surface area contributed by atoms with Crippen LogP contribution in [-0.4, -0.2) is 62.8 Å². The number of hydrogen-bond acceptors (Lipinski definition) is 3. The van der Waals surface area contributed by atoms with Crippen LogP contribution in [0.3, 0.4) is 0 Å². The SMILES string of the molecule is CN=C(NCCCN1CCC(C)CC1)NC1C2CCOC2C1(C)C. The van der Waals surface area contributed by atoms with Gasteiger partial charge < -0.3 is 20.3 Å². The fraction of sp³-hybridized carbons (Fsp3) is 0.947. The van der Waals surface area contributed by atoms with Gasteiger partial charge in [0.05, 0.1) is 6.10 Å². The molecule has 2 saturated heterocycles. The number of hydrogen-bond donors (Lipinski definition) is 2. The summed E-state index contributed by atoms with van der Waals surface area (Å²) in [5, 5.41) is 7.16. The minimum Gasteiger partial charge on any atom is -0.377 e. The third kappa shape index (κ3) is 3.72. The molecule has 3 unspecified atom stereocenters. The van der Waals surface area contributed by atoms with E-state index in [0.29, 0.717) is 18.1 Å². The van der Waals surface area contributed by atoms with Gasteiger partial charge in [0, 0.05) is 37.6 Å². The number of guanidine groups is 1. The minimum absolute atomic E-state index is 0.198. The molecule has 0 amide bonds. The highest BCUT2D eigenvalue weighted by atomic mass is 16.5. The molecule has 2 N–H and O–H groups in total. The molecule has 0 radical (unpaired) electrons. The maximum Gasteiger partial charge on any atom is 0.191 e. The van der Waals surface area contributed by atoms with Crippen molar-refractivity contribution in [3.05, 3.63) is 0 Å². The van der Waals surface area contributed by atoms with Crippen molar-refractivity contribution in [1.29, 1.82) is 0 Å². The average Bonchev–Trinajstić information content (AvgIpc) is 3.03. The second-order valence-electron chi connectivity index (χ2n) is 8.56. The lowest BCUT2D eigenvalue weighted by Gasteiger charge is -2.54. The van der Waals surface area contributed by atoms with Gasteiger partial charge in [0.1, 0.15) is 0 Å². The molecule has 3 fully saturated rings. The first kappa shape index (κ1) is 18.0. The van der Waals surface area contributed by atoms with Crippen LogP contribution in [0.2, 0.25) is 0 Å². The van der Waals surface area contributed by atoms with Crippen molar-refractivity contribution in [3.8, 4) is 0 Å². The third-order valence-electron chi connectivity index (χ3n) is 6.44. The van der Waals surface area contributed by atoms with Crippen molar-refractivity contribution in [1.82, 2.24) is 15.5 Å². The van der Waals surface area contributed by atoms with Gasteiger partial charge in [-0.05, 0) is 51.2 Å². The number of likely N-dealkylation sites (tertiary alicyclic amines) is 1. The third-order valence-corrected chi connectivity index (χ3v) is 6.44. The molecular formula is C19H36N4O. The zero-order chi connectivity index (χ0) is 17.2. The van der Waals surface area contributed by atoms with Crippen LogP contribution < -0.4 is 10.6 Å². The molecule has 5 nitrogen and oxygen atoms in total. The average molecular weight is 337 g/mol. The Morgan fingerprint density at radius 1 is 1.25 bits per heavy atom. The molecule has 138 valence electrons. The van der Waals surface area contributed by atoms with Gasteiger partial charge in [-0.3, -0.25) is 4.99 Å². The van der Waals surface area contributed by atoms with E-state index in [-0.39, 0.29) is 5.41 Å². The van der Waals surface area contributed by atoms with Gasteiger partial charge in [-0.15, -0.1) is 0 Å². The second kappa shape index (κ2) is 7.61. The zero-order valence-electron chi connectivity index (χ0n) is 16.0. The van der Waals surface area contributed by atoms with Gasteiger partial charge in [0.2, 0.25) is 0 Å². The highest BCUT2D eigenvalue weighted by Gasteiger charge is 2.59. The summed E-state index contributed by atoms with van der Waals surface area (Å²) < 4.78 is 5.88. The van der Waals surface area contributed by atoms with Crippen LogP contribution in [0.5, 0.6) is 0 Å². The lowest BCUT2D eigenvalue weighted by atomic mass is 9.57. The smallest absolute Gasteiger partial charge is 0.191 e. The lowest BCUT2D eigenvalue weighted by molar-refractivity contribution is -0.106. The van der Waals surface area contributed by atoms with E-state index in [1.165, 1.54) is 45.3 Å². The van der Waals surface area contributed by atoms with Crippen LogP contribution in [0, 0.1) is 17.3 Å². The van der Waals surface area contributed by atoms with Crippen molar-refractivity contribution in [2.45, 2.75) is 58.6 Å². The summed E-state index contributed by atoms with van der Waals surface area (Å²) in [5.74, 6) is 2.51. The number of aliphatic imine (C=N–C) groups is 1. The van der Waals surface area contributed by atoms with E-state index in [0.717, 1.165) is 25.0 Å². The number of nitrogens with one attached hydrogen (secondary N) is 2. The first-order valence-corrected chi connectivity index (χ1v) is 9.83. The normalized spacial score (nSPS) is 33.8. The van der Waals surface area contributed by atoms with E-state index in [1.807, 2.05) is 7.05 Å². The van der Waals surface area contributed by atoms with E-state index in [1.54, 1.807) is 0 Å². The van der Waals surface area contributed by atoms with Gasteiger partial charge in [0.25, 0.3) is 0 Å². The topological polar surface area (TPSA) is 48.9 Å². The van der Waals surface area contributed by atoms with E-state index in [4.69, 9.17) is 4.74 Å². The second-order valence-corrected chi connectivity index (χ2v) is 8.56. The van der Waals surface area contributed by atoms with Gasteiger partial charge >= 0.3 is 0 Å². The molecule has 2 aliphatic heterocycles. The first-order valence-electron chi connectivity index (χ1n) is 9.83. The quantitative estimate of drug-likeness (QED) is 0.458. The molecule has 0 aromatic heterocycles. The first-order chi connectivity index (χ1) is 11.5. The molecule has 5 heteroatoms. The molecule has 3 atom stereocenters. The zero-order valence-corrected chi connectivity index (χ0v) is 16.0. The summed E-state index contributed by atoms with van der Waals surface area (Å²) in [4.78, 5) is 7.03. The molecule has 3 aliphatic rings. The van der Waals surface area contributed by atoms with Crippen molar-refractivity contribution >= 4 is 5.96 Å². The molecule has 24 heavy (non-hydrogen) atoms. The van der Waals surface area contributed by atoms with E-state index in [2.05, 4.69) is 41.3 Å². The Kier molecular flexibility index (Phi) is 5.70. The Morgan fingerprint density at radius 2 is 2.00 bits per heavy atom. The van der Waals surface area contributed by atoms with Crippen molar-refractivity contribution in [3.63, 3.8) is 0 Å². The molecular weight excluding hydrogens is 300 g/mol. The summed E-state index contributed by atoms with van der Waals surface area (Å²) in [6.45, 7) is 12.6. The molecule has 0 aromatic carbocycles. The van der Waals surface area contributed by atoms with E-state index in [9.17, 15) is 0 Å². The van der Waals surface area contributed by atoms with Crippen LogP contribution in [0.25, 0.3) is 0 Å². The summed E-state index contributed by atoms with van der Waals surface area (Å²) in [6.07, 6.45) is 5.50. The van der Waals surface area contributed by atoms with Gasteiger partial charge in [0.15, 0.2) is 5.96 Å². The Bertz CT molecular complexity index is 443. The lowest BCUT2D eigenvalue weighted by Crippen LogP contribution is -2.68. The monoisotopic (exact) mass is 336 g/mol. The fourth-order valence-electron chi connectivity index (χ4n) is 4.75. The summed E-state index contributed by atoms with van der Waals surface area (Å²) in [7, 11) is 1.87. The number of nitrogens with zero attached hydrogens (tertiary/aromatic N) is 2. The molecule has 2 heterocycles. The summed E-state index contributed by atoms with van der Waals surface area (Å²) in [5.41, 5.74) is 0.198. The molecule has 1 aliphatic carbocycles. The Labute approximate surface area is 147 Å². The Morgan fingerprint density at radius 3 is 2.71 bits per heavy atom.